The van der Waals surface area contributed by atoms with Gasteiger partial charge in [0.15, 0.2) is 0 Å². The van der Waals surface area contributed by atoms with E-state index >= 15 is 0 Å². The summed E-state index contributed by atoms with van der Waals surface area (Å²) in [5.74, 6) is -1.16. The highest BCUT2D eigenvalue weighted by atomic mass is 35.5. The van der Waals surface area contributed by atoms with Gasteiger partial charge >= 0.3 is 0 Å². The Hall–Kier alpha value is -3.51. The fraction of sp³-hybridized carbons (Fsp3) is 0.192. The molecule has 33 heavy (non-hydrogen) atoms. The summed E-state index contributed by atoms with van der Waals surface area (Å²) >= 11 is 6.26. The summed E-state index contributed by atoms with van der Waals surface area (Å²) in [4.78, 5) is 32.2. The number of carbonyl (C=O) groups is 2. The van der Waals surface area contributed by atoms with Crippen LogP contribution in [0.4, 0.5) is 15.8 Å². The molecule has 7 heteroatoms. The monoisotopic (exact) mass is 463 g/mol. The molecule has 168 valence electrons. The van der Waals surface area contributed by atoms with E-state index in [1.807, 2.05) is 32.0 Å². The lowest BCUT2D eigenvalue weighted by Crippen LogP contribution is -2.42. The first-order valence-electron chi connectivity index (χ1n) is 10.6. The summed E-state index contributed by atoms with van der Waals surface area (Å²) in [5.41, 5.74) is 4.23. The molecule has 0 saturated carbocycles. The predicted molar refractivity (Wildman–Crippen MR) is 130 cm³/mol. The lowest BCUT2D eigenvalue weighted by Gasteiger charge is -2.24. The van der Waals surface area contributed by atoms with Crippen molar-refractivity contribution in [2.24, 2.45) is 4.99 Å². The van der Waals surface area contributed by atoms with Gasteiger partial charge in [-0.1, -0.05) is 35.9 Å². The van der Waals surface area contributed by atoms with Crippen LogP contribution in [0.15, 0.2) is 65.7 Å². The Morgan fingerprint density at radius 3 is 2.61 bits per heavy atom. The minimum absolute atomic E-state index is 0.217. The second-order valence-electron chi connectivity index (χ2n) is 8.02. The number of benzene rings is 3. The Labute approximate surface area is 196 Å². The molecule has 0 spiro atoms. The molecule has 0 unspecified atom stereocenters. The van der Waals surface area contributed by atoms with Crippen LogP contribution in [0.1, 0.15) is 29.2 Å². The van der Waals surface area contributed by atoms with Gasteiger partial charge in [0.25, 0.3) is 5.91 Å². The normalized spacial score (nSPS) is 15.5. The van der Waals surface area contributed by atoms with Crippen molar-refractivity contribution in [1.29, 1.82) is 0 Å². The van der Waals surface area contributed by atoms with E-state index in [2.05, 4.69) is 10.3 Å². The van der Waals surface area contributed by atoms with E-state index < -0.39 is 11.9 Å². The molecule has 1 heterocycles. The van der Waals surface area contributed by atoms with Crippen LogP contribution in [0.2, 0.25) is 5.02 Å². The molecule has 3 aromatic rings. The SMILES string of the molecule is Cc1cccc(NC(=O)CN2C(=O)[C@@H](C)N=C(c3ccccc3F)c3cc(Cl)ccc32)c1C. The molecule has 0 aliphatic carbocycles. The van der Waals surface area contributed by atoms with Gasteiger partial charge in [0.1, 0.15) is 18.4 Å². The molecule has 1 aliphatic heterocycles. The maximum Gasteiger partial charge on any atom is 0.252 e. The van der Waals surface area contributed by atoms with E-state index in [0.717, 1.165) is 11.1 Å². The van der Waals surface area contributed by atoms with Crippen molar-refractivity contribution in [2.75, 3.05) is 16.8 Å². The van der Waals surface area contributed by atoms with Crippen LogP contribution in [-0.2, 0) is 9.59 Å². The molecule has 1 aliphatic rings. The molecule has 0 radical (unpaired) electrons. The average molecular weight is 464 g/mol. The van der Waals surface area contributed by atoms with Crippen LogP contribution in [0.25, 0.3) is 0 Å². The number of hydrogen-bond donors (Lipinski definition) is 1. The Morgan fingerprint density at radius 2 is 1.85 bits per heavy atom. The molecule has 2 amide bonds. The topological polar surface area (TPSA) is 61.8 Å². The van der Waals surface area contributed by atoms with Crippen LogP contribution in [0.5, 0.6) is 0 Å². The number of halogens is 2. The number of fused-ring (bicyclic) bond motifs is 1. The van der Waals surface area contributed by atoms with E-state index in [9.17, 15) is 14.0 Å². The lowest BCUT2D eigenvalue weighted by molar-refractivity contribution is -0.122. The zero-order valence-electron chi connectivity index (χ0n) is 18.5. The summed E-state index contributed by atoms with van der Waals surface area (Å²) in [5, 5.41) is 3.31. The number of benzodiazepines with no additional fused rings is 1. The van der Waals surface area contributed by atoms with Crippen LogP contribution >= 0.6 is 11.6 Å². The number of anilines is 2. The Bertz CT molecular complexity index is 1290. The first-order valence-corrected chi connectivity index (χ1v) is 10.9. The highest BCUT2D eigenvalue weighted by molar-refractivity contribution is 6.32. The molecular formula is C26H23ClFN3O2. The molecule has 1 N–H and O–H groups in total. The predicted octanol–water partition coefficient (Wildman–Crippen LogP) is 5.31. The first-order chi connectivity index (χ1) is 15.8. The number of carbonyl (C=O) groups excluding carboxylic acids is 2. The zero-order valence-corrected chi connectivity index (χ0v) is 19.3. The van der Waals surface area contributed by atoms with Crippen molar-refractivity contribution in [3.8, 4) is 0 Å². The quantitative estimate of drug-likeness (QED) is 0.570. The lowest BCUT2D eigenvalue weighted by atomic mass is 9.99. The third-order valence-electron chi connectivity index (χ3n) is 5.76. The number of aliphatic imine (C=N–C) groups is 1. The van der Waals surface area contributed by atoms with Gasteiger partial charge in [-0.25, -0.2) is 4.39 Å². The van der Waals surface area contributed by atoms with Gasteiger partial charge in [-0.05, 0) is 68.3 Å². The maximum atomic E-state index is 14.7. The minimum Gasteiger partial charge on any atom is -0.324 e. The number of hydrogen-bond acceptors (Lipinski definition) is 3. The summed E-state index contributed by atoms with van der Waals surface area (Å²) in [6, 6.07) is 16.0. The highest BCUT2D eigenvalue weighted by Crippen LogP contribution is 2.31. The van der Waals surface area contributed by atoms with Crippen molar-refractivity contribution >= 4 is 40.5 Å². The van der Waals surface area contributed by atoms with Gasteiger partial charge in [-0.15, -0.1) is 0 Å². The van der Waals surface area contributed by atoms with Gasteiger partial charge in [0, 0.05) is 21.8 Å². The van der Waals surface area contributed by atoms with Crippen molar-refractivity contribution < 1.29 is 14.0 Å². The van der Waals surface area contributed by atoms with E-state index in [-0.39, 0.29) is 23.9 Å². The molecule has 4 rings (SSSR count). The number of amides is 2. The first kappa shape index (κ1) is 22.7. The van der Waals surface area contributed by atoms with Crippen molar-refractivity contribution in [1.82, 2.24) is 0 Å². The van der Waals surface area contributed by atoms with E-state index in [1.54, 1.807) is 43.3 Å². The van der Waals surface area contributed by atoms with E-state index in [0.29, 0.717) is 27.7 Å². The number of rotatable bonds is 4. The second kappa shape index (κ2) is 9.16. The second-order valence-corrected chi connectivity index (χ2v) is 8.45. The van der Waals surface area contributed by atoms with Crippen LogP contribution in [-0.4, -0.2) is 30.1 Å². The Morgan fingerprint density at radius 1 is 1.09 bits per heavy atom. The standard InChI is InChI=1S/C26H23ClFN3O2/c1-15-7-6-10-22(16(15)2)30-24(32)14-31-23-12-11-18(27)13-20(23)25(29-17(3)26(31)33)19-8-4-5-9-21(19)28/h4-13,17H,14H2,1-3H3,(H,30,32)/t17-/m1/s1. The molecule has 0 bridgehead atoms. The van der Waals surface area contributed by atoms with Crippen molar-refractivity contribution in [3.63, 3.8) is 0 Å². The largest absolute Gasteiger partial charge is 0.324 e. The van der Waals surface area contributed by atoms with E-state index in [4.69, 9.17) is 11.6 Å². The highest BCUT2D eigenvalue weighted by Gasteiger charge is 2.32. The van der Waals surface area contributed by atoms with Gasteiger partial charge in [0.2, 0.25) is 5.91 Å². The smallest absolute Gasteiger partial charge is 0.252 e. The molecule has 0 saturated heterocycles. The van der Waals surface area contributed by atoms with E-state index in [1.165, 1.54) is 11.0 Å². The molecular weight excluding hydrogens is 441 g/mol. The van der Waals surface area contributed by atoms with Crippen LogP contribution in [0, 0.1) is 19.7 Å². The molecule has 3 aromatic carbocycles. The number of nitrogens with zero attached hydrogens (tertiary/aromatic N) is 2. The van der Waals surface area contributed by atoms with Gasteiger partial charge in [-0.2, -0.15) is 0 Å². The third kappa shape index (κ3) is 4.52. The molecule has 0 fully saturated rings. The number of nitrogens with one attached hydrogen (secondary N) is 1. The molecule has 1 atom stereocenters. The Kier molecular flexibility index (Phi) is 6.29. The molecule has 5 nitrogen and oxygen atoms in total. The van der Waals surface area contributed by atoms with Gasteiger partial charge in [-0.3, -0.25) is 14.6 Å². The minimum atomic E-state index is -0.820. The summed E-state index contributed by atoms with van der Waals surface area (Å²) in [7, 11) is 0. The van der Waals surface area contributed by atoms with Crippen LogP contribution in [0.3, 0.4) is 0 Å². The number of aryl methyl sites for hydroxylation is 1. The summed E-state index contributed by atoms with van der Waals surface area (Å²) < 4.78 is 14.7. The fourth-order valence-electron chi connectivity index (χ4n) is 3.85. The van der Waals surface area contributed by atoms with Crippen molar-refractivity contribution in [3.05, 3.63) is 93.8 Å². The maximum absolute atomic E-state index is 14.7. The van der Waals surface area contributed by atoms with Crippen LogP contribution < -0.4 is 10.2 Å². The average Bonchev–Trinajstić information content (AvgIpc) is 2.87. The molecule has 0 aromatic heterocycles. The third-order valence-corrected chi connectivity index (χ3v) is 6.00. The summed E-state index contributed by atoms with van der Waals surface area (Å²) in [6.45, 7) is 5.31. The van der Waals surface area contributed by atoms with Crippen molar-refractivity contribution in [2.45, 2.75) is 26.8 Å². The Balaban J connectivity index is 1.74. The fourth-order valence-corrected chi connectivity index (χ4v) is 4.02. The van der Waals surface area contributed by atoms with Gasteiger partial charge < -0.3 is 10.2 Å². The summed E-state index contributed by atoms with van der Waals surface area (Å²) in [6.07, 6.45) is 0. The zero-order chi connectivity index (χ0) is 23.7. The van der Waals surface area contributed by atoms with Gasteiger partial charge in [0.05, 0.1) is 11.4 Å².